The van der Waals surface area contributed by atoms with Crippen molar-refractivity contribution >= 4 is 17.4 Å². The number of carbonyl (C=O) groups excluding carboxylic acids is 2. The van der Waals surface area contributed by atoms with E-state index < -0.39 is 5.41 Å². The van der Waals surface area contributed by atoms with Gasteiger partial charge in [0.2, 0.25) is 5.91 Å². The van der Waals surface area contributed by atoms with Gasteiger partial charge in [0, 0.05) is 19.2 Å². The standard InChI is InChI=1S/C16H15NO3/c1-16(10-13(18)14-8-5-9-20-14)11-6-3-4-7-12(11)17(2)15(16)19/h3-9H,10H2,1-2H3. The predicted molar refractivity (Wildman–Crippen MR) is 74.9 cm³/mol. The van der Waals surface area contributed by atoms with Crippen molar-refractivity contribution in [2.24, 2.45) is 0 Å². The van der Waals surface area contributed by atoms with Crippen LogP contribution in [0.1, 0.15) is 29.5 Å². The highest BCUT2D eigenvalue weighted by atomic mass is 16.3. The highest BCUT2D eigenvalue weighted by Crippen LogP contribution is 2.43. The van der Waals surface area contributed by atoms with Crippen LogP contribution in [0, 0.1) is 0 Å². The first-order valence-corrected chi connectivity index (χ1v) is 6.48. The Morgan fingerprint density at radius 2 is 2.00 bits per heavy atom. The first kappa shape index (κ1) is 12.7. The molecule has 3 rings (SSSR count). The molecule has 0 saturated heterocycles. The second kappa shape index (κ2) is 4.34. The van der Waals surface area contributed by atoms with E-state index in [2.05, 4.69) is 0 Å². The minimum Gasteiger partial charge on any atom is -0.461 e. The number of benzene rings is 1. The zero-order valence-corrected chi connectivity index (χ0v) is 11.4. The number of likely N-dealkylation sites (N-methyl/N-ethyl adjacent to an activating group) is 1. The number of Topliss-reactive ketones (excluding diaryl/α,β-unsaturated/α-hetero) is 1. The number of carbonyl (C=O) groups is 2. The summed E-state index contributed by atoms with van der Waals surface area (Å²) in [6.45, 7) is 1.82. The lowest BCUT2D eigenvalue weighted by atomic mass is 9.79. The molecule has 0 saturated carbocycles. The van der Waals surface area contributed by atoms with Gasteiger partial charge in [0.1, 0.15) is 0 Å². The number of furan rings is 1. The van der Waals surface area contributed by atoms with Crippen LogP contribution in [0.5, 0.6) is 0 Å². The molecule has 0 fully saturated rings. The van der Waals surface area contributed by atoms with Gasteiger partial charge in [-0.25, -0.2) is 0 Å². The van der Waals surface area contributed by atoms with Crippen LogP contribution >= 0.6 is 0 Å². The van der Waals surface area contributed by atoms with E-state index in [9.17, 15) is 9.59 Å². The van der Waals surface area contributed by atoms with Crippen LogP contribution in [0.25, 0.3) is 0 Å². The molecule has 20 heavy (non-hydrogen) atoms. The maximum Gasteiger partial charge on any atom is 0.237 e. The van der Waals surface area contributed by atoms with Gasteiger partial charge >= 0.3 is 0 Å². The molecule has 1 amide bonds. The van der Waals surface area contributed by atoms with Crippen LogP contribution in [0.2, 0.25) is 0 Å². The summed E-state index contributed by atoms with van der Waals surface area (Å²) in [5.74, 6) is 0.0839. The fourth-order valence-electron chi connectivity index (χ4n) is 2.84. The summed E-state index contributed by atoms with van der Waals surface area (Å²) in [5.41, 5.74) is 0.939. The molecular weight excluding hydrogens is 254 g/mol. The summed E-state index contributed by atoms with van der Waals surface area (Å²) in [7, 11) is 1.74. The molecular formula is C16H15NO3. The number of hydrogen-bond donors (Lipinski definition) is 0. The number of para-hydroxylation sites is 1. The van der Waals surface area contributed by atoms with Crippen molar-refractivity contribution in [1.82, 2.24) is 0 Å². The van der Waals surface area contributed by atoms with E-state index >= 15 is 0 Å². The molecule has 4 nitrogen and oxygen atoms in total. The molecule has 1 aromatic heterocycles. The van der Waals surface area contributed by atoms with E-state index in [1.807, 2.05) is 31.2 Å². The molecule has 0 spiro atoms. The number of hydrogen-bond acceptors (Lipinski definition) is 3. The minimum absolute atomic E-state index is 0.0568. The highest BCUT2D eigenvalue weighted by Gasteiger charge is 2.47. The average Bonchev–Trinajstić information content (AvgIpc) is 3.04. The summed E-state index contributed by atoms with van der Waals surface area (Å²) in [5, 5.41) is 0. The van der Waals surface area contributed by atoms with E-state index in [-0.39, 0.29) is 18.1 Å². The SMILES string of the molecule is CN1C(=O)C(C)(CC(=O)c2ccco2)c2ccccc21. The van der Waals surface area contributed by atoms with Gasteiger partial charge in [-0.3, -0.25) is 9.59 Å². The summed E-state index contributed by atoms with van der Waals surface area (Å²) in [4.78, 5) is 26.4. The smallest absolute Gasteiger partial charge is 0.237 e. The Balaban J connectivity index is 2.00. The number of amides is 1. The number of nitrogens with zero attached hydrogens (tertiary/aromatic N) is 1. The maximum atomic E-state index is 12.5. The van der Waals surface area contributed by atoms with E-state index in [0.717, 1.165) is 11.3 Å². The van der Waals surface area contributed by atoms with Crippen LogP contribution in [0.3, 0.4) is 0 Å². The predicted octanol–water partition coefficient (Wildman–Crippen LogP) is 2.79. The Bertz CT molecular complexity index is 675. The second-order valence-electron chi connectivity index (χ2n) is 5.29. The normalized spacial score (nSPS) is 21.1. The van der Waals surface area contributed by atoms with Crippen molar-refractivity contribution in [2.45, 2.75) is 18.8 Å². The first-order valence-electron chi connectivity index (χ1n) is 6.48. The van der Waals surface area contributed by atoms with Gasteiger partial charge in [-0.15, -0.1) is 0 Å². The fourth-order valence-corrected chi connectivity index (χ4v) is 2.84. The minimum atomic E-state index is -0.824. The molecule has 2 heterocycles. The van der Waals surface area contributed by atoms with Crippen LogP contribution in [0.4, 0.5) is 5.69 Å². The zero-order valence-electron chi connectivity index (χ0n) is 11.4. The Labute approximate surface area is 117 Å². The number of fused-ring (bicyclic) bond motifs is 1. The van der Waals surface area contributed by atoms with Gasteiger partial charge in [0.25, 0.3) is 0 Å². The van der Waals surface area contributed by atoms with Crippen LogP contribution in [0.15, 0.2) is 47.1 Å². The summed E-state index contributed by atoms with van der Waals surface area (Å²) in [6.07, 6.45) is 1.58. The van der Waals surface area contributed by atoms with Crippen molar-refractivity contribution < 1.29 is 14.0 Å². The molecule has 1 aliphatic heterocycles. The van der Waals surface area contributed by atoms with Gasteiger partial charge in [-0.05, 0) is 30.7 Å². The molecule has 1 atom stereocenters. The van der Waals surface area contributed by atoms with Crippen LogP contribution in [-0.2, 0) is 10.2 Å². The Morgan fingerprint density at radius 1 is 1.25 bits per heavy atom. The molecule has 2 aromatic rings. The summed E-state index contributed by atoms with van der Waals surface area (Å²) in [6, 6.07) is 10.9. The highest BCUT2D eigenvalue weighted by molar-refractivity contribution is 6.10. The first-order chi connectivity index (χ1) is 9.54. The van der Waals surface area contributed by atoms with Crippen LogP contribution < -0.4 is 4.90 Å². The molecule has 1 unspecified atom stereocenters. The monoisotopic (exact) mass is 269 g/mol. The molecule has 1 aromatic carbocycles. The van der Waals surface area contributed by atoms with Crippen molar-refractivity contribution in [1.29, 1.82) is 0 Å². The third-order valence-corrected chi connectivity index (χ3v) is 3.95. The molecule has 0 N–H and O–H groups in total. The largest absolute Gasteiger partial charge is 0.461 e. The molecule has 1 aliphatic rings. The molecule has 0 aliphatic carbocycles. The van der Waals surface area contributed by atoms with Crippen molar-refractivity contribution in [3.63, 3.8) is 0 Å². The third-order valence-electron chi connectivity index (χ3n) is 3.95. The quantitative estimate of drug-likeness (QED) is 0.805. The van der Waals surface area contributed by atoms with E-state index in [1.165, 1.54) is 6.26 Å². The zero-order chi connectivity index (χ0) is 14.3. The molecule has 0 radical (unpaired) electrons. The topological polar surface area (TPSA) is 50.5 Å². The average molecular weight is 269 g/mol. The van der Waals surface area contributed by atoms with Crippen molar-refractivity contribution in [3.8, 4) is 0 Å². The molecule has 0 bridgehead atoms. The number of ketones is 1. The molecule has 102 valence electrons. The lowest BCUT2D eigenvalue weighted by molar-refractivity contribution is -0.122. The second-order valence-corrected chi connectivity index (χ2v) is 5.29. The van der Waals surface area contributed by atoms with Gasteiger partial charge in [0.05, 0.1) is 11.7 Å². The Kier molecular flexibility index (Phi) is 2.74. The van der Waals surface area contributed by atoms with Gasteiger partial charge in [-0.2, -0.15) is 0 Å². The summed E-state index contributed by atoms with van der Waals surface area (Å²) < 4.78 is 5.13. The van der Waals surface area contributed by atoms with Crippen molar-refractivity contribution in [3.05, 3.63) is 54.0 Å². The van der Waals surface area contributed by atoms with Crippen LogP contribution in [-0.4, -0.2) is 18.7 Å². The summed E-state index contributed by atoms with van der Waals surface area (Å²) >= 11 is 0. The van der Waals surface area contributed by atoms with Crippen molar-refractivity contribution in [2.75, 3.05) is 11.9 Å². The number of anilines is 1. The lowest BCUT2D eigenvalue weighted by Crippen LogP contribution is -2.37. The van der Waals surface area contributed by atoms with E-state index in [4.69, 9.17) is 4.42 Å². The Morgan fingerprint density at radius 3 is 2.70 bits per heavy atom. The fraction of sp³-hybridized carbons (Fsp3) is 0.250. The third kappa shape index (κ3) is 1.68. The van der Waals surface area contributed by atoms with E-state index in [0.29, 0.717) is 5.76 Å². The number of rotatable bonds is 3. The molecule has 4 heteroatoms. The van der Waals surface area contributed by atoms with Gasteiger partial charge < -0.3 is 9.32 Å². The van der Waals surface area contributed by atoms with Gasteiger partial charge in [0.15, 0.2) is 11.5 Å². The Hall–Kier alpha value is -2.36. The maximum absolute atomic E-state index is 12.5. The van der Waals surface area contributed by atoms with E-state index in [1.54, 1.807) is 24.1 Å². The van der Waals surface area contributed by atoms with Gasteiger partial charge in [-0.1, -0.05) is 18.2 Å². The lowest BCUT2D eigenvalue weighted by Gasteiger charge is -2.21.